The number of anilines is 6. The third-order valence-corrected chi connectivity index (χ3v) is 10.6. The Morgan fingerprint density at radius 1 is 0.483 bits per heavy atom. The highest BCUT2D eigenvalue weighted by Crippen LogP contribution is 2.48. The summed E-state index contributed by atoms with van der Waals surface area (Å²) in [7, 11) is 0. The van der Waals surface area contributed by atoms with Gasteiger partial charge < -0.3 is 0 Å². The molecule has 0 aliphatic carbocycles. The largest absolute Gasteiger partial charge is 0.293 e. The Labute approximate surface area is 335 Å². The summed E-state index contributed by atoms with van der Waals surface area (Å²) in [6.45, 7) is 8.29. The Kier molecular flexibility index (Phi) is 8.45. The van der Waals surface area contributed by atoms with Gasteiger partial charge in [0.15, 0.2) is 0 Å². The maximum atomic E-state index is 10.6. The fourth-order valence-corrected chi connectivity index (χ4v) is 7.97. The van der Waals surface area contributed by atoms with E-state index < -0.39 is 0 Å². The van der Waals surface area contributed by atoms with E-state index in [1.807, 2.05) is 114 Å². The van der Waals surface area contributed by atoms with E-state index in [0.29, 0.717) is 28.7 Å². The summed E-state index contributed by atoms with van der Waals surface area (Å²) in [4.78, 5) is 22.6. The minimum Gasteiger partial charge on any atom is -0.293 e. The summed E-state index contributed by atoms with van der Waals surface area (Å²) in [6, 6.07) is 59.2. The van der Waals surface area contributed by atoms with Crippen LogP contribution in [0.15, 0.2) is 188 Å². The van der Waals surface area contributed by atoms with E-state index in [1.165, 1.54) is 0 Å². The molecule has 7 nitrogen and oxygen atoms in total. The number of hydrogen-bond donors (Lipinski definition) is 0. The van der Waals surface area contributed by atoms with Crippen LogP contribution < -0.4 is 9.80 Å². The van der Waals surface area contributed by atoms with E-state index in [0.717, 1.165) is 71.6 Å². The Balaban J connectivity index is 1.19. The van der Waals surface area contributed by atoms with Crippen molar-refractivity contribution in [2.24, 2.45) is 0 Å². The van der Waals surface area contributed by atoms with Gasteiger partial charge in [-0.15, -0.1) is 0 Å². The van der Waals surface area contributed by atoms with E-state index in [4.69, 9.17) is 21.5 Å². The highest BCUT2D eigenvalue weighted by atomic mass is 15.2. The van der Waals surface area contributed by atoms with Gasteiger partial charge in [-0.05, 0) is 98.4 Å². The van der Waals surface area contributed by atoms with Crippen LogP contribution in [0.4, 0.5) is 40.2 Å². The first-order valence-electron chi connectivity index (χ1n) is 18.9. The van der Waals surface area contributed by atoms with E-state index in [9.17, 15) is 5.26 Å². The molecule has 0 bridgehead atoms. The molecule has 270 valence electrons. The summed E-state index contributed by atoms with van der Waals surface area (Å²) in [5.41, 5.74) is 7.28. The molecule has 0 saturated carbocycles. The van der Waals surface area contributed by atoms with Crippen molar-refractivity contribution in [1.82, 2.24) is 15.0 Å². The van der Waals surface area contributed by atoms with Gasteiger partial charge in [-0.3, -0.25) is 9.80 Å². The Bertz CT molecular complexity index is 2970. The van der Waals surface area contributed by atoms with Gasteiger partial charge in [0.2, 0.25) is 5.69 Å². The summed E-state index contributed by atoms with van der Waals surface area (Å²) in [6.07, 6.45) is 5.36. The third-order valence-electron chi connectivity index (χ3n) is 10.6. The Morgan fingerprint density at radius 2 is 1.02 bits per heavy atom. The molecule has 0 spiro atoms. The molecule has 0 aliphatic heterocycles. The second-order valence-electron chi connectivity index (χ2n) is 13.9. The maximum absolute atomic E-state index is 10.6. The van der Waals surface area contributed by atoms with Crippen molar-refractivity contribution >= 4 is 72.5 Å². The van der Waals surface area contributed by atoms with Crippen molar-refractivity contribution < 1.29 is 0 Å². The number of hydrogen-bond acceptors (Lipinski definition) is 6. The smallest absolute Gasteiger partial charge is 0.229 e. The van der Waals surface area contributed by atoms with Gasteiger partial charge in [-0.2, -0.15) is 5.26 Å². The van der Waals surface area contributed by atoms with Gasteiger partial charge in [0.1, 0.15) is 23.5 Å². The van der Waals surface area contributed by atoms with Crippen molar-refractivity contribution in [1.29, 1.82) is 5.26 Å². The number of rotatable bonds is 8. The molecule has 0 amide bonds. The lowest BCUT2D eigenvalue weighted by Crippen LogP contribution is -2.14. The molecule has 3 heterocycles. The standard InChI is InChI=1S/C51H31N7/c1-53-43-31-40(35-14-6-3-7-15-35)33-56-51(43)58(48-17-9-11-29-55-48)46-27-21-37-18-23-41-45(26-20-36-19-24-42(46)50(37)49(36)41)57(47-16-8-10-28-54-47)44-25-22-38(30-39(44)32-52)34-12-4-2-5-13-34/h2-31,33H. The van der Waals surface area contributed by atoms with E-state index in [-0.39, 0.29) is 0 Å². The first-order chi connectivity index (χ1) is 28.7. The Morgan fingerprint density at radius 3 is 1.59 bits per heavy atom. The summed E-state index contributed by atoms with van der Waals surface area (Å²) in [5.74, 6) is 1.83. The SMILES string of the molecule is [C-]#[N+]c1cc(-c2ccccc2)cnc1N(c1ccccn1)c1ccc2ccc3c(N(c4ccccn4)c4ccc(-c5ccccc5)cc4C#N)ccc4ccc1c2c43. The lowest BCUT2D eigenvalue weighted by Gasteiger charge is -2.29. The molecule has 0 radical (unpaired) electrons. The summed E-state index contributed by atoms with van der Waals surface area (Å²) in [5, 5.41) is 16.9. The number of pyridine rings is 3. The van der Waals surface area contributed by atoms with Crippen LogP contribution in [0.3, 0.4) is 0 Å². The Hall–Kier alpha value is -8.39. The molecular weight excluding hydrogens is 711 g/mol. The molecule has 10 rings (SSSR count). The molecule has 0 atom stereocenters. The molecule has 0 saturated heterocycles. The molecule has 0 fully saturated rings. The van der Waals surface area contributed by atoms with Crippen LogP contribution in [0, 0.1) is 17.9 Å². The second-order valence-corrected chi connectivity index (χ2v) is 13.9. The average Bonchev–Trinajstić information content (AvgIpc) is 3.30. The second kappa shape index (κ2) is 14.4. The molecule has 3 aromatic heterocycles. The van der Waals surface area contributed by atoms with Gasteiger partial charge in [0.05, 0.1) is 29.2 Å². The normalized spacial score (nSPS) is 11.1. The minimum absolute atomic E-state index is 0.414. The number of nitrogens with zero attached hydrogens (tertiary/aromatic N) is 7. The van der Waals surface area contributed by atoms with Crippen molar-refractivity contribution in [2.45, 2.75) is 0 Å². The molecular formula is C51H31N7. The van der Waals surface area contributed by atoms with Crippen molar-refractivity contribution in [2.75, 3.05) is 9.80 Å². The van der Waals surface area contributed by atoms with Gasteiger partial charge in [-0.25, -0.2) is 19.8 Å². The lowest BCUT2D eigenvalue weighted by atomic mass is 9.91. The number of nitriles is 1. The zero-order valence-electron chi connectivity index (χ0n) is 31.0. The first-order valence-corrected chi connectivity index (χ1v) is 18.9. The highest BCUT2D eigenvalue weighted by Gasteiger charge is 2.25. The lowest BCUT2D eigenvalue weighted by molar-refractivity contribution is 1.14. The zero-order chi connectivity index (χ0) is 39.0. The van der Waals surface area contributed by atoms with Crippen LogP contribution >= 0.6 is 0 Å². The zero-order valence-corrected chi connectivity index (χ0v) is 31.0. The first kappa shape index (κ1) is 34.1. The average molecular weight is 742 g/mol. The highest BCUT2D eigenvalue weighted by molar-refractivity contribution is 6.28. The van der Waals surface area contributed by atoms with Crippen molar-refractivity contribution in [3.63, 3.8) is 0 Å². The van der Waals surface area contributed by atoms with Gasteiger partial charge in [0.25, 0.3) is 0 Å². The quantitative estimate of drug-likeness (QED) is 0.114. The molecule has 7 heteroatoms. The molecule has 58 heavy (non-hydrogen) atoms. The van der Waals surface area contributed by atoms with E-state index in [2.05, 4.69) is 82.5 Å². The van der Waals surface area contributed by atoms with Gasteiger partial charge in [-0.1, -0.05) is 115 Å². The topological polar surface area (TPSA) is 73.3 Å². The van der Waals surface area contributed by atoms with Crippen LogP contribution in [0.25, 0.3) is 59.4 Å². The van der Waals surface area contributed by atoms with E-state index >= 15 is 0 Å². The van der Waals surface area contributed by atoms with E-state index in [1.54, 1.807) is 12.4 Å². The van der Waals surface area contributed by atoms with Gasteiger partial charge >= 0.3 is 0 Å². The fraction of sp³-hybridized carbons (Fsp3) is 0. The molecule has 0 unspecified atom stereocenters. The van der Waals surface area contributed by atoms with Crippen LogP contribution in [-0.2, 0) is 0 Å². The maximum Gasteiger partial charge on any atom is 0.229 e. The number of aromatic nitrogens is 3. The van der Waals surface area contributed by atoms with Crippen molar-refractivity contribution in [3.8, 4) is 28.3 Å². The van der Waals surface area contributed by atoms with Crippen LogP contribution in [0.1, 0.15) is 5.56 Å². The predicted molar refractivity (Wildman–Crippen MR) is 235 cm³/mol. The molecule has 0 aliphatic rings. The monoisotopic (exact) mass is 741 g/mol. The van der Waals surface area contributed by atoms with Crippen LogP contribution in [0.5, 0.6) is 0 Å². The molecule has 7 aromatic carbocycles. The van der Waals surface area contributed by atoms with Gasteiger partial charge in [0, 0.05) is 29.4 Å². The number of benzene rings is 7. The van der Waals surface area contributed by atoms with Crippen LogP contribution in [0.2, 0.25) is 0 Å². The van der Waals surface area contributed by atoms with Crippen LogP contribution in [-0.4, -0.2) is 15.0 Å². The van der Waals surface area contributed by atoms with Crippen molar-refractivity contribution in [3.05, 3.63) is 205 Å². The summed E-state index contributed by atoms with van der Waals surface area (Å²) >= 11 is 0. The molecule has 0 N–H and O–H groups in total. The summed E-state index contributed by atoms with van der Waals surface area (Å²) < 4.78 is 0. The minimum atomic E-state index is 0.414. The predicted octanol–water partition coefficient (Wildman–Crippen LogP) is 13.5. The molecule has 10 aromatic rings. The fourth-order valence-electron chi connectivity index (χ4n) is 7.97. The third kappa shape index (κ3) is 5.79.